The van der Waals surface area contributed by atoms with Crippen LogP contribution in [0.4, 0.5) is 5.69 Å². The standard InChI is InChI=1S/C22H21NOS/c1-16(22(25)23-20-12-14-21(24-2)15-13-20)17-8-10-19(11-9-17)18-6-4-3-5-7-18/h3-16H,1-2H3,(H,23,25). The molecule has 0 bridgehead atoms. The van der Waals surface area contributed by atoms with Gasteiger partial charge in [0.05, 0.1) is 12.1 Å². The van der Waals surface area contributed by atoms with Gasteiger partial charge in [0, 0.05) is 11.6 Å². The Morgan fingerprint density at radius 1 is 0.840 bits per heavy atom. The third-order valence-corrected chi connectivity index (χ3v) is 4.72. The van der Waals surface area contributed by atoms with Crippen molar-refractivity contribution in [1.29, 1.82) is 0 Å². The zero-order chi connectivity index (χ0) is 17.6. The van der Waals surface area contributed by atoms with Crippen LogP contribution >= 0.6 is 12.2 Å². The van der Waals surface area contributed by atoms with Crippen LogP contribution in [0, 0.1) is 0 Å². The van der Waals surface area contributed by atoms with Gasteiger partial charge in [-0.05, 0) is 41.0 Å². The number of benzene rings is 3. The number of rotatable bonds is 5. The summed E-state index contributed by atoms with van der Waals surface area (Å²) in [7, 11) is 1.66. The molecule has 3 aromatic carbocycles. The van der Waals surface area contributed by atoms with Gasteiger partial charge in [-0.1, -0.05) is 73.7 Å². The molecule has 2 nitrogen and oxygen atoms in total. The first-order valence-corrected chi connectivity index (χ1v) is 8.68. The molecule has 0 aliphatic carbocycles. The van der Waals surface area contributed by atoms with Gasteiger partial charge in [-0.2, -0.15) is 0 Å². The van der Waals surface area contributed by atoms with Crippen LogP contribution in [-0.4, -0.2) is 12.1 Å². The van der Waals surface area contributed by atoms with Gasteiger partial charge < -0.3 is 10.1 Å². The molecular formula is C22H21NOS. The largest absolute Gasteiger partial charge is 0.497 e. The lowest BCUT2D eigenvalue weighted by molar-refractivity contribution is 0.415. The molecule has 1 N–H and O–H groups in total. The Morgan fingerprint density at radius 2 is 1.44 bits per heavy atom. The Balaban J connectivity index is 1.69. The van der Waals surface area contributed by atoms with Gasteiger partial charge >= 0.3 is 0 Å². The summed E-state index contributed by atoms with van der Waals surface area (Å²) in [6, 6.07) is 26.8. The van der Waals surface area contributed by atoms with E-state index in [0.29, 0.717) is 0 Å². The lowest BCUT2D eigenvalue weighted by Crippen LogP contribution is -2.16. The van der Waals surface area contributed by atoms with E-state index in [9.17, 15) is 0 Å². The van der Waals surface area contributed by atoms with Gasteiger partial charge in [-0.15, -0.1) is 0 Å². The van der Waals surface area contributed by atoms with Crippen LogP contribution in [0.25, 0.3) is 11.1 Å². The smallest absolute Gasteiger partial charge is 0.119 e. The first-order chi connectivity index (χ1) is 12.2. The number of anilines is 1. The van der Waals surface area contributed by atoms with Gasteiger partial charge in [0.1, 0.15) is 5.75 Å². The van der Waals surface area contributed by atoms with Crippen LogP contribution in [0.15, 0.2) is 78.9 Å². The minimum atomic E-state index is 0.141. The van der Waals surface area contributed by atoms with Gasteiger partial charge in [-0.3, -0.25) is 0 Å². The van der Waals surface area contributed by atoms with Gasteiger partial charge in [0.15, 0.2) is 0 Å². The van der Waals surface area contributed by atoms with E-state index < -0.39 is 0 Å². The van der Waals surface area contributed by atoms with Gasteiger partial charge in [0.2, 0.25) is 0 Å². The normalized spacial score (nSPS) is 11.6. The van der Waals surface area contributed by atoms with Crippen molar-refractivity contribution >= 4 is 22.9 Å². The Hall–Kier alpha value is -2.65. The Kier molecular flexibility index (Phi) is 5.46. The molecule has 0 amide bonds. The minimum Gasteiger partial charge on any atom is -0.497 e. The minimum absolute atomic E-state index is 0.141. The fourth-order valence-corrected chi connectivity index (χ4v) is 2.93. The maximum absolute atomic E-state index is 5.59. The van der Waals surface area contributed by atoms with Crippen molar-refractivity contribution in [1.82, 2.24) is 0 Å². The summed E-state index contributed by atoms with van der Waals surface area (Å²) in [6.45, 7) is 2.12. The average Bonchev–Trinajstić information content (AvgIpc) is 2.69. The fraction of sp³-hybridized carbons (Fsp3) is 0.136. The van der Waals surface area contributed by atoms with Gasteiger partial charge in [-0.25, -0.2) is 0 Å². The molecule has 0 aliphatic rings. The highest BCUT2D eigenvalue weighted by atomic mass is 32.1. The number of nitrogens with one attached hydrogen (secondary N) is 1. The number of hydrogen-bond acceptors (Lipinski definition) is 2. The van der Waals surface area contributed by atoms with Crippen molar-refractivity contribution in [3.63, 3.8) is 0 Å². The molecular weight excluding hydrogens is 326 g/mol. The van der Waals surface area contributed by atoms with E-state index in [1.807, 2.05) is 30.3 Å². The molecule has 0 saturated carbocycles. The highest BCUT2D eigenvalue weighted by molar-refractivity contribution is 7.80. The predicted octanol–water partition coefficient (Wildman–Crippen LogP) is 5.91. The highest BCUT2D eigenvalue weighted by Gasteiger charge is 2.12. The third kappa shape index (κ3) is 4.25. The molecule has 0 fully saturated rings. The zero-order valence-corrected chi connectivity index (χ0v) is 15.2. The van der Waals surface area contributed by atoms with E-state index in [1.54, 1.807) is 7.11 Å². The first kappa shape index (κ1) is 17.2. The maximum Gasteiger partial charge on any atom is 0.119 e. The first-order valence-electron chi connectivity index (χ1n) is 8.27. The highest BCUT2D eigenvalue weighted by Crippen LogP contribution is 2.24. The summed E-state index contributed by atoms with van der Waals surface area (Å²) in [6.07, 6.45) is 0. The Bertz CT molecular complexity index is 826. The second-order valence-electron chi connectivity index (χ2n) is 5.93. The molecule has 0 radical (unpaired) electrons. The van der Waals surface area contributed by atoms with E-state index >= 15 is 0 Å². The molecule has 0 heterocycles. The van der Waals surface area contributed by atoms with Crippen LogP contribution in [0.1, 0.15) is 18.4 Å². The van der Waals surface area contributed by atoms with E-state index in [-0.39, 0.29) is 5.92 Å². The van der Waals surface area contributed by atoms with Crippen LogP contribution in [-0.2, 0) is 0 Å². The summed E-state index contributed by atoms with van der Waals surface area (Å²) in [5.41, 5.74) is 4.61. The lowest BCUT2D eigenvalue weighted by atomic mass is 9.97. The zero-order valence-electron chi connectivity index (χ0n) is 14.4. The molecule has 0 spiro atoms. The van der Waals surface area contributed by atoms with E-state index in [0.717, 1.165) is 16.4 Å². The fourth-order valence-electron chi connectivity index (χ4n) is 2.67. The maximum atomic E-state index is 5.59. The monoisotopic (exact) mass is 347 g/mol. The van der Waals surface area contributed by atoms with E-state index in [4.69, 9.17) is 17.0 Å². The van der Waals surface area contributed by atoms with Gasteiger partial charge in [0.25, 0.3) is 0 Å². The van der Waals surface area contributed by atoms with Crippen molar-refractivity contribution in [2.24, 2.45) is 0 Å². The van der Waals surface area contributed by atoms with Crippen LogP contribution in [0.2, 0.25) is 0 Å². The molecule has 1 unspecified atom stereocenters. The van der Waals surface area contributed by atoms with Crippen molar-refractivity contribution < 1.29 is 4.74 Å². The molecule has 3 heteroatoms. The number of hydrogen-bond donors (Lipinski definition) is 1. The van der Waals surface area contributed by atoms with Crippen molar-refractivity contribution in [3.05, 3.63) is 84.4 Å². The second-order valence-corrected chi connectivity index (χ2v) is 6.37. The van der Waals surface area contributed by atoms with Crippen molar-refractivity contribution in [2.45, 2.75) is 12.8 Å². The van der Waals surface area contributed by atoms with Crippen molar-refractivity contribution in [2.75, 3.05) is 12.4 Å². The molecule has 0 aromatic heterocycles. The van der Waals surface area contributed by atoms with Crippen molar-refractivity contribution in [3.8, 4) is 16.9 Å². The quantitative estimate of drug-likeness (QED) is 0.580. The van der Waals surface area contributed by atoms with Crippen LogP contribution < -0.4 is 10.1 Å². The summed E-state index contributed by atoms with van der Waals surface area (Å²) >= 11 is 5.59. The summed E-state index contributed by atoms with van der Waals surface area (Å²) in [5.74, 6) is 0.975. The van der Waals surface area contributed by atoms with Crippen LogP contribution in [0.5, 0.6) is 5.75 Å². The predicted molar refractivity (Wildman–Crippen MR) is 110 cm³/mol. The molecule has 0 saturated heterocycles. The molecule has 3 rings (SSSR count). The van der Waals surface area contributed by atoms with Crippen LogP contribution in [0.3, 0.4) is 0 Å². The average molecular weight is 347 g/mol. The molecule has 25 heavy (non-hydrogen) atoms. The van der Waals surface area contributed by atoms with E-state index in [1.165, 1.54) is 16.7 Å². The molecule has 1 atom stereocenters. The second kappa shape index (κ2) is 7.95. The number of ether oxygens (including phenoxy) is 1. The molecule has 126 valence electrons. The third-order valence-electron chi connectivity index (χ3n) is 4.27. The molecule has 3 aromatic rings. The Labute approximate surface area is 154 Å². The SMILES string of the molecule is COc1ccc(NC(=S)C(C)c2ccc(-c3ccccc3)cc2)cc1. The number of thiocarbonyl (C=S) groups is 1. The number of methoxy groups -OCH3 is 1. The van der Waals surface area contributed by atoms with E-state index in [2.05, 4.69) is 60.8 Å². The Morgan fingerprint density at radius 3 is 2.04 bits per heavy atom. The lowest BCUT2D eigenvalue weighted by Gasteiger charge is -2.16. The molecule has 0 aliphatic heterocycles. The topological polar surface area (TPSA) is 21.3 Å². The summed E-state index contributed by atoms with van der Waals surface area (Å²) in [4.78, 5) is 0.803. The summed E-state index contributed by atoms with van der Waals surface area (Å²) in [5, 5.41) is 3.31. The summed E-state index contributed by atoms with van der Waals surface area (Å²) < 4.78 is 5.18.